The molecule has 0 heterocycles. The third kappa shape index (κ3) is 17.2. The fourth-order valence-corrected chi connectivity index (χ4v) is 3.31. The summed E-state index contributed by atoms with van der Waals surface area (Å²) in [5, 5.41) is 19.2. The number of esters is 1. The van der Waals surface area contributed by atoms with Crippen molar-refractivity contribution >= 4 is 30.3 Å². The lowest BCUT2D eigenvalue weighted by molar-refractivity contribution is -0.147. The SMILES string of the molecule is CC(C)(C)OC(=O)NC(CC(=O)OCc1ccccc1)C(=O)NC(COC(=O)OCc1ccccc1)C(C)(C)C.O=C(O)O. The predicted octanol–water partition coefficient (Wildman–Crippen LogP) is 5.12. The van der Waals surface area contributed by atoms with Crippen molar-refractivity contribution in [2.45, 2.75) is 78.9 Å². The van der Waals surface area contributed by atoms with E-state index in [-0.39, 0.29) is 19.8 Å². The van der Waals surface area contributed by atoms with Crippen molar-refractivity contribution in [3.8, 4) is 0 Å². The number of rotatable bonds is 11. The van der Waals surface area contributed by atoms with E-state index in [9.17, 15) is 19.2 Å². The van der Waals surface area contributed by atoms with Gasteiger partial charge < -0.3 is 39.8 Å². The minimum absolute atomic E-state index is 0.0179. The van der Waals surface area contributed by atoms with Crippen LogP contribution in [0.2, 0.25) is 0 Å². The van der Waals surface area contributed by atoms with Gasteiger partial charge in [-0.15, -0.1) is 0 Å². The fourth-order valence-electron chi connectivity index (χ4n) is 3.31. The van der Waals surface area contributed by atoms with Gasteiger partial charge in [0.15, 0.2) is 0 Å². The van der Waals surface area contributed by atoms with Crippen molar-refractivity contribution in [3.05, 3.63) is 71.8 Å². The van der Waals surface area contributed by atoms with Crippen LogP contribution in [-0.4, -0.2) is 64.8 Å². The van der Waals surface area contributed by atoms with Crippen LogP contribution < -0.4 is 10.6 Å². The van der Waals surface area contributed by atoms with Gasteiger partial charge in [-0.3, -0.25) is 9.59 Å². The maximum absolute atomic E-state index is 13.3. The molecule has 2 aromatic rings. The number of alkyl carbamates (subject to hydrolysis) is 1. The van der Waals surface area contributed by atoms with Crippen LogP contribution in [0.1, 0.15) is 59.1 Å². The maximum Gasteiger partial charge on any atom is 0.508 e. The van der Waals surface area contributed by atoms with Gasteiger partial charge in [-0.05, 0) is 37.3 Å². The van der Waals surface area contributed by atoms with Crippen molar-refractivity contribution in [1.29, 1.82) is 0 Å². The molecule has 2 unspecified atom stereocenters. The van der Waals surface area contributed by atoms with E-state index in [0.29, 0.717) is 0 Å². The molecule has 0 aliphatic rings. The largest absolute Gasteiger partial charge is 0.508 e. The highest BCUT2D eigenvalue weighted by Crippen LogP contribution is 2.20. The molecule has 2 aromatic carbocycles. The Hall–Kier alpha value is -4.81. The van der Waals surface area contributed by atoms with Gasteiger partial charge in [0.1, 0.15) is 31.5 Å². The first-order valence-electron chi connectivity index (χ1n) is 13.7. The van der Waals surface area contributed by atoms with Crippen molar-refractivity contribution in [1.82, 2.24) is 10.6 Å². The Kier molecular flexibility index (Phi) is 15.2. The number of hydrogen-bond acceptors (Lipinski definition) is 9. The van der Waals surface area contributed by atoms with E-state index in [0.717, 1.165) is 11.1 Å². The van der Waals surface area contributed by atoms with Crippen molar-refractivity contribution < 1.29 is 53.1 Å². The lowest BCUT2D eigenvalue weighted by Gasteiger charge is -2.32. The van der Waals surface area contributed by atoms with E-state index in [1.165, 1.54) is 0 Å². The predicted molar refractivity (Wildman–Crippen MR) is 159 cm³/mol. The first-order chi connectivity index (χ1) is 20.5. The van der Waals surface area contributed by atoms with Crippen molar-refractivity contribution in [3.63, 3.8) is 0 Å². The third-order valence-electron chi connectivity index (χ3n) is 5.55. The third-order valence-corrected chi connectivity index (χ3v) is 5.55. The van der Waals surface area contributed by atoms with Crippen LogP contribution in [0, 0.1) is 5.41 Å². The van der Waals surface area contributed by atoms with Gasteiger partial charge in [0.05, 0.1) is 12.5 Å². The molecule has 0 aliphatic heterocycles. The Balaban J connectivity index is 0.00000227. The summed E-state index contributed by atoms with van der Waals surface area (Å²) >= 11 is 0. The molecule has 0 aliphatic carbocycles. The lowest BCUT2D eigenvalue weighted by Crippen LogP contribution is -2.55. The summed E-state index contributed by atoms with van der Waals surface area (Å²) in [6.07, 6.45) is -4.02. The van der Waals surface area contributed by atoms with Crippen LogP contribution >= 0.6 is 0 Å². The Labute approximate surface area is 256 Å². The minimum Gasteiger partial charge on any atom is -0.461 e. The Morgan fingerprint density at radius 2 is 1.20 bits per heavy atom. The standard InChI is InChI=1S/C30H40N2O8.CH2O3/c1-29(2,3)24(20-39-28(36)38-19-22-15-11-8-12-16-22)32-26(34)23(31-27(35)40-30(4,5)6)17-25(33)37-18-21-13-9-7-10-14-21;2-1(3)4/h7-16,23-24H,17-20H2,1-6H3,(H,31,35)(H,32,34);(H2,2,3,4). The Bertz CT molecular complexity index is 1200. The second kappa shape index (κ2) is 18.0. The molecule has 0 aromatic heterocycles. The summed E-state index contributed by atoms with van der Waals surface area (Å²) in [4.78, 5) is 59.1. The highest BCUT2D eigenvalue weighted by molar-refractivity contribution is 5.89. The number of hydrogen-bond donors (Lipinski definition) is 4. The van der Waals surface area contributed by atoms with E-state index >= 15 is 0 Å². The number of carboxylic acid groups (broad SMARTS) is 2. The molecule has 242 valence electrons. The number of ether oxygens (including phenoxy) is 4. The molecule has 2 rings (SSSR count). The Morgan fingerprint density at radius 3 is 1.66 bits per heavy atom. The molecule has 13 nitrogen and oxygen atoms in total. The summed E-state index contributed by atoms with van der Waals surface area (Å²) in [5.41, 5.74) is 0.205. The fraction of sp³-hybridized carbons (Fsp3) is 0.452. The maximum atomic E-state index is 13.3. The van der Waals surface area contributed by atoms with Gasteiger partial charge in [-0.1, -0.05) is 81.4 Å². The molecule has 0 spiro atoms. The molecule has 2 amide bonds. The van der Waals surface area contributed by atoms with Crippen LogP contribution in [-0.2, 0) is 41.8 Å². The van der Waals surface area contributed by atoms with Gasteiger partial charge in [0, 0.05) is 0 Å². The van der Waals surface area contributed by atoms with E-state index < -0.39 is 59.8 Å². The van der Waals surface area contributed by atoms with E-state index in [1.807, 2.05) is 69.3 Å². The minimum atomic E-state index is -1.83. The van der Waals surface area contributed by atoms with Gasteiger partial charge in [-0.25, -0.2) is 14.4 Å². The number of nitrogens with one attached hydrogen (secondary N) is 2. The summed E-state index contributed by atoms with van der Waals surface area (Å²) < 4.78 is 21.0. The number of benzene rings is 2. The monoisotopic (exact) mass is 618 g/mol. The van der Waals surface area contributed by atoms with Crippen molar-refractivity contribution in [2.24, 2.45) is 5.41 Å². The average Bonchev–Trinajstić information content (AvgIpc) is 2.91. The highest BCUT2D eigenvalue weighted by Gasteiger charge is 2.33. The zero-order valence-corrected chi connectivity index (χ0v) is 25.8. The number of amides is 2. The highest BCUT2D eigenvalue weighted by atomic mass is 16.7. The molecule has 0 fully saturated rings. The molecular weight excluding hydrogens is 576 g/mol. The lowest BCUT2D eigenvalue weighted by atomic mass is 9.87. The topological polar surface area (TPSA) is 187 Å². The zero-order valence-electron chi connectivity index (χ0n) is 25.8. The molecule has 44 heavy (non-hydrogen) atoms. The number of carbonyl (C=O) groups excluding carboxylic acids is 4. The summed E-state index contributed by atoms with van der Waals surface area (Å²) in [6.45, 7) is 10.5. The normalized spacial score (nSPS) is 12.2. The summed E-state index contributed by atoms with van der Waals surface area (Å²) in [5.74, 6) is -1.35. The molecule has 2 atom stereocenters. The number of carbonyl (C=O) groups is 5. The summed E-state index contributed by atoms with van der Waals surface area (Å²) in [6, 6.07) is 16.2. The average molecular weight is 619 g/mol. The first-order valence-corrected chi connectivity index (χ1v) is 13.7. The molecule has 13 heteroatoms. The van der Waals surface area contributed by atoms with E-state index in [4.69, 9.17) is 34.0 Å². The smallest absolute Gasteiger partial charge is 0.461 e. The molecule has 0 radical (unpaired) electrons. The van der Waals surface area contributed by atoms with Crippen LogP contribution in [0.15, 0.2) is 60.7 Å². The molecular formula is C31H42N2O11. The van der Waals surface area contributed by atoms with Gasteiger partial charge >= 0.3 is 24.4 Å². The molecule has 0 saturated carbocycles. The zero-order chi connectivity index (χ0) is 33.3. The molecule has 0 bridgehead atoms. The summed E-state index contributed by atoms with van der Waals surface area (Å²) in [7, 11) is 0. The van der Waals surface area contributed by atoms with Crippen LogP contribution in [0.4, 0.5) is 14.4 Å². The van der Waals surface area contributed by atoms with Crippen LogP contribution in [0.25, 0.3) is 0 Å². The molecule has 4 N–H and O–H groups in total. The quantitative estimate of drug-likeness (QED) is 0.193. The second-order valence-electron chi connectivity index (χ2n) is 11.6. The van der Waals surface area contributed by atoms with Crippen LogP contribution in [0.5, 0.6) is 0 Å². The van der Waals surface area contributed by atoms with Gasteiger partial charge in [0.25, 0.3) is 0 Å². The Morgan fingerprint density at radius 1 is 0.727 bits per heavy atom. The van der Waals surface area contributed by atoms with E-state index in [2.05, 4.69) is 10.6 Å². The van der Waals surface area contributed by atoms with Crippen LogP contribution in [0.3, 0.4) is 0 Å². The van der Waals surface area contributed by atoms with E-state index in [1.54, 1.807) is 32.9 Å². The second-order valence-corrected chi connectivity index (χ2v) is 11.6. The first kappa shape index (κ1) is 37.2. The molecule has 0 saturated heterocycles. The van der Waals surface area contributed by atoms with Gasteiger partial charge in [0.2, 0.25) is 5.91 Å². The van der Waals surface area contributed by atoms with Gasteiger partial charge in [-0.2, -0.15) is 0 Å². The van der Waals surface area contributed by atoms with Crippen molar-refractivity contribution in [2.75, 3.05) is 6.61 Å².